The summed E-state index contributed by atoms with van der Waals surface area (Å²) in [7, 11) is 1.58. The number of aromatic nitrogens is 1. The van der Waals surface area contributed by atoms with E-state index in [0.717, 1.165) is 11.8 Å². The molecule has 0 aromatic carbocycles. The van der Waals surface area contributed by atoms with Gasteiger partial charge in [-0.15, -0.1) is 0 Å². The SMILES string of the molecule is C/C(=N\N(C)c1cccc(C(F)(F)F)n1)C(C)C. The predicted molar refractivity (Wildman–Crippen MR) is 65.6 cm³/mol. The van der Waals surface area contributed by atoms with Gasteiger partial charge in [0.05, 0.1) is 0 Å². The molecule has 1 aromatic rings. The fourth-order valence-electron chi connectivity index (χ4n) is 1.16. The lowest BCUT2D eigenvalue weighted by molar-refractivity contribution is -0.141. The largest absolute Gasteiger partial charge is 0.433 e. The summed E-state index contributed by atoms with van der Waals surface area (Å²) in [6.07, 6.45) is -4.44. The Morgan fingerprint density at radius 1 is 1.33 bits per heavy atom. The van der Waals surface area contributed by atoms with Crippen molar-refractivity contribution in [1.82, 2.24) is 4.98 Å². The first-order valence-electron chi connectivity index (χ1n) is 5.55. The zero-order valence-corrected chi connectivity index (χ0v) is 10.8. The van der Waals surface area contributed by atoms with E-state index in [-0.39, 0.29) is 11.7 Å². The van der Waals surface area contributed by atoms with E-state index >= 15 is 0 Å². The van der Waals surface area contributed by atoms with Crippen LogP contribution in [-0.2, 0) is 6.18 Å². The molecule has 0 amide bonds. The minimum atomic E-state index is -4.44. The zero-order chi connectivity index (χ0) is 13.9. The molecule has 0 radical (unpaired) electrons. The summed E-state index contributed by atoms with van der Waals surface area (Å²) in [5.74, 6) is 0.406. The second kappa shape index (κ2) is 5.37. The van der Waals surface area contributed by atoms with Gasteiger partial charge in [-0.05, 0) is 25.0 Å². The molecule has 1 rings (SSSR count). The van der Waals surface area contributed by atoms with E-state index in [9.17, 15) is 13.2 Å². The smallest absolute Gasteiger partial charge is 0.251 e. The second-order valence-electron chi connectivity index (χ2n) is 4.30. The molecule has 0 atom stereocenters. The Bertz CT molecular complexity index is 438. The Hall–Kier alpha value is -1.59. The van der Waals surface area contributed by atoms with Gasteiger partial charge in [0.25, 0.3) is 0 Å². The van der Waals surface area contributed by atoms with E-state index < -0.39 is 11.9 Å². The van der Waals surface area contributed by atoms with Gasteiger partial charge in [-0.3, -0.25) is 5.01 Å². The standard InChI is InChI=1S/C12H16F3N3/c1-8(2)9(3)17-18(4)11-7-5-6-10(16-11)12(13,14)15/h5-8H,1-4H3/b17-9+. The number of hydrogen-bond acceptors (Lipinski definition) is 3. The Kier molecular flexibility index (Phi) is 4.32. The second-order valence-corrected chi connectivity index (χ2v) is 4.30. The van der Waals surface area contributed by atoms with Crippen LogP contribution in [0.4, 0.5) is 19.0 Å². The Labute approximate surface area is 104 Å². The van der Waals surface area contributed by atoms with Gasteiger partial charge >= 0.3 is 6.18 Å². The van der Waals surface area contributed by atoms with Gasteiger partial charge < -0.3 is 0 Å². The first-order chi connectivity index (χ1) is 8.21. The lowest BCUT2D eigenvalue weighted by Crippen LogP contribution is -2.17. The van der Waals surface area contributed by atoms with Crippen LogP contribution in [-0.4, -0.2) is 17.7 Å². The highest BCUT2D eigenvalue weighted by Gasteiger charge is 2.32. The molecular weight excluding hydrogens is 243 g/mol. The summed E-state index contributed by atoms with van der Waals surface area (Å²) in [6.45, 7) is 5.76. The summed E-state index contributed by atoms with van der Waals surface area (Å²) in [4.78, 5) is 3.55. The molecule has 0 saturated heterocycles. The molecule has 1 heterocycles. The van der Waals surface area contributed by atoms with E-state index in [2.05, 4.69) is 10.1 Å². The molecule has 0 unspecified atom stereocenters. The molecule has 18 heavy (non-hydrogen) atoms. The molecule has 0 fully saturated rings. The van der Waals surface area contributed by atoms with E-state index in [4.69, 9.17) is 0 Å². The highest BCUT2D eigenvalue weighted by Crippen LogP contribution is 2.28. The van der Waals surface area contributed by atoms with Crippen molar-refractivity contribution in [2.24, 2.45) is 11.0 Å². The maximum atomic E-state index is 12.5. The highest BCUT2D eigenvalue weighted by molar-refractivity contribution is 5.84. The monoisotopic (exact) mass is 259 g/mol. The van der Waals surface area contributed by atoms with Crippen LogP contribution in [0.2, 0.25) is 0 Å². The van der Waals surface area contributed by atoms with Crippen LogP contribution >= 0.6 is 0 Å². The summed E-state index contributed by atoms with van der Waals surface area (Å²) in [5.41, 5.74) is -0.0824. The van der Waals surface area contributed by atoms with Crippen molar-refractivity contribution < 1.29 is 13.2 Å². The van der Waals surface area contributed by atoms with Crippen molar-refractivity contribution in [1.29, 1.82) is 0 Å². The number of hydrazone groups is 1. The molecule has 3 nitrogen and oxygen atoms in total. The molecule has 0 N–H and O–H groups in total. The van der Waals surface area contributed by atoms with Crippen molar-refractivity contribution in [3.05, 3.63) is 23.9 Å². The Balaban J connectivity index is 3.01. The molecule has 1 aromatic heterocycles. The van der Waals surface area contributed by atoms with Crippen molar-refractivity contribution in [2.75, 3.05) is 12.1 Å². The first-order valence-corrected chi connectivity index (χ1v) is 5.55. The van der Waals surface area contributed by atoms with Crippen LogP contribution < -0.4 is 5.01 Å². The topological polar surface area (TPSA) is 28.5 Å². The molecule has 6 heteroatoms. The lowest BCUT2D eigenvalue weighted by atomic mass is 10.1. The van der Waals surface area contributed by atoms with Gasteiger partial charge in [0, 0.05) is 12.8 Å². The van der Waals surface area contributed by atoms with Crippen molar-refractivity contribution in [3.8, 4) is 0 Å². The van der Waals surface area contributed by atoms with Gasteiger partial charge in [-0.25, -0.2) is 4.98 Å². The number of hydrogen-bond donors (Lipinski definition) is 0. The number of alkyl halides is 3. The van der Waals surface area contributed by atoms with Gasteiger partial charge in [0.15, 0.2) is 0 Å². The number of rotatable bonds is 3. The summed E-state index contributed by atoms with van der Waals surface area (Å²) < 4.78 is 37.5. The molecule has 0 aliphatic rings. The van der Waals surface area contributed by atoms with E-state index in [1.807, 2.05) is 20.8 Å². The zero-order valence-electron chi connectivity index (χ0n) is 10.8. The van der Waals surface area contributed by atoms with Gasteiger partial charge in [-0.1, -0.05) is 19.9 Å². The lowest BCUT2D eigenvalue weighted by Gasteiger charge is -2.16. The van der Waals surface area contributed by atoms with Crippen LogP contribution in [0.25, 0.3) is 0 Å². The molecule has 0 aliphatic carbocycles. The van der Waals surface area contributed by atoms with Crippen LogP contribution in [0.1, 0.15) is 26.5 Å². The van der Waals surface area contributed by atoms with Gasteiger partial charge in [0.1, 0.15) is 11.5 Å². The van der Waals surface area contributed by atoms with Crippen LogP contribution in [0.15, 0.2) is 23.3 Å². The minimum Gasteiger partial charge on any atom is -0.251 e. The molecule has 0 saturated carbocycles. The van der Waals surface area contributed by atoms with Crippen molar-refractivity contribution >= 4 is 11.5 Å². The predicted octanol–water partition coefficient (Wildman–Crippen LogP) is 3.57. The average Bonchev–Trinajstić information content (AvgIpc) is 2.27. The van der Waals surface area contributed by atoms with Crippen LogP contribution in [0.5, 0.6) is 0 Å². The summed E-state index contributed by atoms with van der Waals surface area (Å²) in [5, 5.41) is 5.54. The van der Waals surface area contributed by atoms with Gasteiger partial charge in [0.2, 0.25) is 0 Å². The number of nitrogens with zero attached hydrogens (tertiary/aromatic N) is 3. The van der Waals surface area contributed by atoms with Crippen molar-refractivity contribution in [2.45, 2.75) is 26.9 Å². The molecular formula is C12H16F3N3. The van der Waals surface area contributed by atoms with Crippen molar-refractivity contribution in [3.63, 3.8) is 0 Å². The minimum absolute atomic E-state index is 0.171. The maximum absolute atomic E-state index is 12.5. The number of pyridine rings is 1. The summed E-state index contributed by atoms with van der Waals surface area (Å²) >= 11 is 0. The normalized spacial score (nSPS) is 13.0. The third-order valence-electron chi connectivity index (χ3n) is 2.50. The molecule has 0 aliphatic heterocycles. The van der Waals surface area contributed by atoms with Crippen LogP contribution in [0.3, 0.4) is 0 Å². The average molecular weight is 259 g/mol. The Morgan fingerprint density at radius 3 is 2.44 bits per heavy atom. The van der Waals surface area contributed by atoms with E-state index in [1.54, 1.807) is 7.05 Å². The Morgan fingerprint density at radius 2 is 1.94 bits per heavy atom. The fraction of sp³-hybridized carbons (Fsp3) is 0.500. The summed E-state index contributed by atoms with van der Waals surface area (Å²) in [6, 6.07) is 3.75. The molecule has 0 spiro atoms. The molecule has 100 valence electrons. The highest BCUT2D eigenvalue weighted by atomic mass is 19.4. The number of halogens is 3. The van der Waals surface area contributed by atoms with Crippen LogP contribution in [0, 0.1) is 5.92 Å². The number of anilines is 1. The van der Waals surface area contributed by atoms with E-state index in [0.29, 0.717) is 0 Å². The van der Waals surface area contributed by atoms with Gasteiger partial charge in [-0.2, -0.15) is 18.3 Å². The fourth-order valence-corrected chi connectivity index (χ4v) is 1.16. The third kappa shape index (κ3) is 3.72. The van der Waals surface area contributed by atoms with E-state index in [1.165, 1.54) is 17.1 Å². The first kappa shape index (κ1) is 14.5. The third-order valence-corrected chi connectivity index (χ3v) is 2.50. The maximum Gasteiger partial charge on any atom is 0.433 e. The molecule has 0 bridgehead atoms. The quantitative estimate of drug-likeness (QED) is 0.613.